The smallest absolute Gasteiger partial charge is 0.339 e. The van der Waals surface area contributed by atoms with Crippen molar-refractivity contribution in [1.29, 1.82) is 0 Å². The van der Waals surface area contributed by atoms with Gasteiger partial charge >= 0.3 is 10.1 Å². The normalized spacial score (nSPS) is 14.7. The van der Waals surface area contributed by atoms with Gasteiger partial charge in [0, 0.05) is 10.5 Å². The van der Waals surface area contributed by atoms with E-state index in [1.165, 1.54) is 30.3 Å². The molecule has 0 atom stereocenters. The molecule has 0 saturated carbocycles. The molecule has 0 fully saturated rings. The van der Waals surface area contributed by atoms with Crippen molar-refractivity contribution in [2.75, 3.05) is 0 Å². The minimum atomic E-state index is -4.01. The largest absolute Gasteiger partial charge is 0.452 e. The Kier molecular flexibility index (Phi) is 5.57. The first-order valence-electron chi connectivity index (χ1n) is 8.92. The Morgan fingerprint density at radius 2 is 1.67 bits per heavy atom. The number of hydrogen-bond acceptors (Lipinski definition) is 5. The number of halogens is 1. The molecule has 0 N–H and O–H groups in total. The lowest BCUT2D eigenvalue weighted by atomic mass is 10.1. The summed E-state index contributed by atoms with van der Waals surface area (Å²) in [6.45, 7) is 0. The summed E-state index contributed by atoms with van der Waals surface area (Å²) < 4.78 is 36.5. The van der Waals surface area contributed by atoms with Crippen molar-refractivity contribution >= 4 is 37.9 Å². The predicted octanol–water partition coefficient (Wildman–Crippen LogP) is 5.39. The number of carbonyl (C=O) groups excluding carboxylic acids is 1. The van der Waals surface area contributed by atoms with Gasteiger partial charge in [-0.05, 0) is 48.0 Å². The summed E-state index contributed by atoms with van der Waals surface area (Å²) in [6, 6.07) is 20.1. The van der Waals surface area contributed by atoms with Crippen molar-refractivity contribution in [3.05, 3.63) is 106 Å². The van der Waals surface area contributed by atoms with Gasteiger partial charge < -0.3 is 8.92 Å². The molecule has 0 saturated heterocycles. The van der Waals surface area contributed by atoms with Gasteiger partial charge in [-0.1, -0.05) is 58.4 Å². The SMILES string of the molecule is O=C1/C(=C/C=C/c2ccccc2)Oc2cc(OS(=O)(=O)c3ccc(Br)cc3)ccc21. The Bertz CT molecular complexity index is 1260. The van der Waals surface area contributed by atoms with Crippen LogP contribution in [0.4, 0.5) is 0 Å². The van der Waals surface area contributed by atoms with Crippen molar-refractivity contribution in [3.63, 3.8) is 0 Å². The molecule has 150 valence electrons. The summed E-state index contributed by atoms with van der Waals surface area (Å²) in [6.07, 6.45) is 5.16. The van der Waals surface area contributed by atoms with E-state index in [9.17, 15) is 13.2 Å². The minimum absolute atomic E-state index is 0.0230. The van der Waals surface area contributed by atoms with Gasteiger partial charge in [-0.2, -0.15) is 8.42 Å². The Morgan fingerprint density at radius 3 is 2.40 bits per heavy atom. The molecule has 0 bridgehead atoms. The van der Waals surface area contributed by atoms with Crippen molar-refractivity contribution in [3.8, 4) is 11.5 Å². The van der Waals surface area contributed by atoms with E-state index in [4.69, 9.17) is 8.92 Å². The van der Waals surface area contributed by atoms with Gasteiger partial charge in [0.05, 0.1) is 5.56 Å². The lowest BCUT2D eigenvalue weighted by Crippen LogP contribution is -2.09. The van der Waals surface area contributed by atoms with E-state index in [0.717, 1.165) is 10.0 Å². The first kappa shape index (κ1) is 20.1. The van der Waals surface area contributed by atoms with Crippen LogP contribution in [0.3, 0.4) is 0 Å². The second-order valence-corrected chi connectivity index (χ2v) is 8.84. The summed E-state index contributed by atoms with van der Waals surface area (Å²) in [5.74, 6) is 0.198. The molecular weight excluding hydrogens is 468 g/mol. The first-order chi connectivity index (χ1) is 14.4. The summed E-state index contributed by atoms with van der Waals surface area (Å²) in [4.78, 5) is 12.5. The summed E-state index contributed by atoms with van der Waals surface area (Å²) >= 11 is 3.26. The standard InChI is InChI=1S/C23H15BrO5S/c24-17-9-12-19(13-10-17)30(26,27)29-18-11-14-20-22(15-18)28-21(23(20)25)8-4-7-16-5-2-1-3-6-16/h1-15H/b7-4+,21-8-. The lowest BCUT2D eigenvalue weighted by molar-refractivity contribution is 0.101. The van der Waals surface area contributed by atoms with E-state index in [1.54, 1.807) is 24.3 Å². The maximum Gasteiger partial charge on any atom is 0.339 e. The van der Waals surface area contributed by atoms with Gasteiger partial charge in [-0.15, -0.1) is 0 Å². The molecule has 30 heavy (non-hydrogen) atoms. The number of ether oxygens (including phenoxy) is 1. The van der Waals surface area contributed by atoms with Crippen LogP contribution in [0, 0.1) is 0 Å². The fourth-order valence-electron chi connectivity index (χ4n) is 2.82. The van der Waals surface area contributed by atoms with E-state index in [-0.39, 0.29) is 27.9 Å². The topological polar surface area (TPSA) is 69.7 Å². The van der Waals surface area contributed by atoms with Gasteiger partial charge in [-0.25, -0.2) is 0 Å². The second-order valence-electron chi connectivity index (χ2n) is 6.38. The van der Waals surface area contributed by atoms with E-state index in [1.807, 2.05) is 36.4 Å². The monoisotopic (exact) mass is 482 g/mol. The average Bonchev–Trinajstić information content (AvgIpc) is 3.04. The summed E-state index contributed by atoms with van der Waals surface area (Å²) in [5.41, 5.74) is 1.34. The molecule has 1 heterocycles. The molecule has 1 aliphatic rings. The number of Topliss-reactive ketones (excluding diaryl/α,β-unsaturated/α-hetero) is 1. The Morgan fingerprint density at radius 1 is 0.933 bits per heavy atom. The number of carbonyl (C=O) groups is 1. The highest BCUT2D eigenvalue weighted by atomic mass is 79.9. The van der Waals surface area contributed by atoms with Gasteiger partial charge in [0.25, 0.3) is 0 Å². The molecule has 1 aliphatic heterocycles. The predicted molar refractivity (Wildman–Crippen MR) is 117 cm³/mol. The molecule has 0 aliphatic carbocycles. The summed E-state index contributed by atoms with van der Waals surface area (Å²) in [5, 5.41) is 0. The third kappa shape index (κ3) is 4.37. The third-order valence-corrected chi connectivity index (χ3v) is 6.08. The van der Waals surface area contributed by atoms with Crippen LogP contribution in [0.15, 0.2) is 100 Å². The highest BCUT2D eigenvalue weighted by Gasteiger charge is 2.28. The lowest BCUT2D eigenvalue weighted by Gasteiger charge is -2.08. The number of allylic oxidation sites excluding steroid dienone is 3. The molecule has 0 unspecified atom stereocenters. The second kappa shape index (κ2) is 8.30. The van der Waals surface area contributed by atoms with Crippen LogP contribution in [-0.2, 0) is 10.1 Å². The Hall–Kier alpha value is -3.16. The Labute approximate surface area is 182 Å². The maximum absolute atomic E-state index is 12.5. The van der Waals surface area contributed by atoms with Crippen molar-refractivity contribution in [2.24, 2.45) is 0 Å². The van der Waals surface area contributed by atoms with Crippen molar-refractivity contribution in [1.82, 2.24) is 0 Å². The van der Waals surface area contributed by atoms with Gasteiger partial charge in [0.2, 0.25) is 5.78 Å². The van der Waals surface area contributed by atoms with Gasteiger partial charge in [0.15, 0.2) is 5.76 Å². The molecule has 0 spiro atoms. The van der Waals surface area contributed by atoms with E-state index >= 15 is 0 Å². The van der Waals surface area contributed by atoms with Crippen molar-refractivity contribution < 1.29 is 22.1 Å². The van der Waals surface area contributed by atoms with Crippen LogP contribution in [0.5, 0.6) is 11.5 Å². The third-order valence-electron chi connectivity index (χ3n) is 4.29. The number of benzene rings is 3. The maximum atomic E-state index is 12.5. The zero-order valence-electron chi connectivity index (χ0n) is 15.5. The molecule has 0 radical (unpaired) electrons. The molecule has 3 aromatic carbocycles. The number of rotatable bonds is 5. The number of ketones is 1. The zero-order chi connectivity index (χ0) is 21.1. The van der Waals surface area contributed by atoms with Gasteiger partial charge in [-0.3, -0.25) is 4.79 Å². The molecule has 0 aromatic heterocycles. The quantitative estimate of drug-likeness (QED) is 0.360. The van der Waals surface area contributed by atoms with Crippen LogP contribution >= 0.6 is 15.9 Å². The molecule has 7 heteroatoms. The Balaban J connectivity index is 1.52. The van der Waals surface area contributed by atoms with Crippen molar-refractivity contribution in [2.45, 2.75) is 4.90 Å². The fourth-order valence-corrected chi connectivity index (χ4v) is 4.01. The van der Waals surface area contributed by atoms with E-state index in [0.29, 0.717) is 5.56 Å². The molecular formula is C23H15BrO5S. The number of fused-ring (bicyclic) bond motifs is 1. The van der Waals surface area contributed by atoms with Crippen LogP contribution in [0.1, 0.15) is 15.9 Å². The highest BCUT2D eigenvalue weighted by Crippen LogP contribution is 2.35. The minimum Gasteiger partial charge on any atom is -0.452 e. The van der Waals surface area contributed by atoms with Crippen LogP contribution in [-0.4, -0.2) is 14.2 Å². The molecule has 3 aromatic rings. The van der Waals surface area contributed by atoms with Crippen LogP contribution in [0.25, 0.3) is 6.08 Å². The molecule has 0 amide bonds. The van der Waals surface area contributed by atoms with E-state index < -0.39 is 10.1 Å². The molecule has 5 nitrogen and oxygen atoms in total. The average molecular weight is 483 g/mol. The molecule has 4 rings (SSSR count). The first-order valence-corrected chi connectivity index (χ1v) is 11.1. The highest BCUT2D eigenvalue weighted by molar-refractivity contribution is 9.10. The van der Waals surface area contributed by atoms with Gasteiger partial charge in [0.1, 0.15) is 16.4 Å². The summed E-state index contributed by atoms with van der Waals surface area (Å²) in [7, 11) is -4.01. The van der Waals surface area contributed by atoms with Crippen LogP contribution in [0.2, 0.25) is 0 Å². The number of hydrogen-bond donors (Lipinski definition) is 0. The zero-order valence-corrected chi connectivity index (χ0v) is 17.9. The van der Waals surface area contributed by atoms with Crippen LogP contribution < -0.4 is 8.92 Å². The fraction of sp³-hybridized carbons (Fsp3) is 0. The van der Waals surface area contributed by atoms with E-state index in [2.05, 4.69) is 15.9 Å².